The molecule has 1 heterocycles. The van der Waals surface area contributed by atoms with Crippen molar-refractivity contribution in [1.82, 2.24) is 4.90 Å². The van der Waals surface area contributed by atoms with Crippen molar-refractivity contribution in [2.75, 3.05) is 26.2 Å². The molecule has 4 heteroatoms. The van der Waals surface area contributed by atoms with Crippen LogP contribution in [0.4, 0.5) is 0 Å². The molecule has 1 saturated heterocycles. The van der Waals surface area contributed by atoms with Crippen LogP contribution in [0.3, 0.4) is 0 Å². The molecule has 3 nitrogen and oxygen atoms in total. The van der Waals surface area contributed by atoms with Gasteiger partial charge >= 0.3 is 0 Å². The van der Waals surface area contributed by atoms with Crippen molar-refractivity contribution in [3.8, 4) is 0 Å². The predicted octanol–water partition coefficient (Wildman–Crippen LogP) is 3.02. The van der Waals surface area contributed by atoms with Crippen LogP contribution >= 0.6 is 11.6 Å². The van der Waals surface area contributed by atoms with Gasteiger partial charge in [-0.2, -0.15) is 0 Å². The molecule has 1 aromatic rings. The van der Waals surface area contributed by atoms with Crippen LogP contribution in [0.1, 0.15) is 30.6 Å². The molecule has 0 N–H and O–H groups in total. The second-order valence-electron chi connectivity index (χ2n) is 5.57. The maximum absolute atomic E-state index is 12.1. The van der Waals surface area contributed by atoms with Gasteiger partial charge in [-0.25, -0.2) is 0 Å². The first kappa shape index (κ1) is 14.5. The first-order valence-electron chi connectivity index (χ1n) is 6.61. The van der Waals surface area contributed by atoms with Crippen LogP contribution in [0.15, 0.2) is 24.3 Å². The Balaban J connectivity index is 1.87. The smallest absolute Gasteiger partial charge is 0.164 e. The summed E-state index contributed by atoms with van der Waals surface area (Å²) in [4.78, 5) is 14.4. The first-order valence-corrected chi connectivity index (χ1v) is 6.99. The monoisotopic (exact) mass is 281 g/mol. The van der Waals surface area contributed by atoms with E-state index in [-0.39, 0.29) is 11.4 Å². The van der Waals surface area contributed by atoms with Crippen molar-refractivity contribution >= 4 is 17.4 Å². The van der Waals surface area contributed by atoms with Crippen molar-refractivity contribution < 1.29 is 9.53 Å². The largest absolute Gasteiger partial charge is 0.373 e. The summed E-state index contributed by atoms with van der Waals surface area (Å²) >= 11 is 5.90. The number of benzene rings is 1. The number of hydrogen-bond acceptors (Lipinski definition) is 3. The molecule has 0 saturated carbocycles. The molecule has 19 heavy (non-hydrogen) atoms. The summed E-state index contributed by atoms with van der Waals surface area (Å²) in [5, 5.41) is 0.610. The highest BCUT2D eigenvalue weighted by Gasteiger charge is 2.27. The topological polar surface area (TPSA) is 29.5 Å². The lowest BCUT2D eigenvalue weighted by atomic mass is 10.1. The zero-order valence-electron chi connectivity index (χ0n) is 11.5. The van der Waals surface area contributed by atoms with E-state index in [9.17, 15) is 4.79 Å². The van der Waals surface area contributed by atoms with E-state index in [0.29, 0.717) is 17.0 Å². The van der Waals surface area contributed by atoms with Crippen LogP contribution in [0.2, 0.25) is 5.02 Å². The van der Waals surface area contributed by atoms with Crippen LogP contribution in [0.25, 0.3) is 0 Å². The minimum Gasteiger partial charge on any atom is -0.373 e. The van der Waals surface area contributed by atoms with Gasteiger partial charge in [-0.1, -0.05) is 23.7 Å². The van der Waals surface area contributed by atoms with Gasteiger partial charge in [-0.3, -0.25) is 9.69 Å². The van der Waals surface area contributed by atoms with Crippen molar-refractivity contribution in [2.45, 2.75) is 25.9 Å². The molecule has 104 valence electrons. The number of rotatable bonds is 4. The standard InChI is InChI=1S/C15H20ClNO2/c1-15(2)11-17(8-9-19-15)7-6-14(18)12-4-3-5-13(16)10-12/h3-5,10H,6-9,11H2,1-2H3. The lowest BCUT2D eigenvalue weighted by molar-refractivity contribution is -0.0855. The molecular formula is C15H20ClNO2. The number of hydrogen-bond donors (Lipinski definition) is 0. The average Bonchev–Trinajstić information content (AvgIpc) is 2.35. The Morgan fingerprint density at radius 2 is 2.26 bits per heavy atom. The van der Waals surface area contributed by atoms with Gasteiger partial charge in [0.2, 0.25) is 0 Å². The second-order valence-corrected chi connectivity index (χ2v) is 6.00. The molecule has 0 aromatic heterocycles. The third-order valence-corrected chi connectivity index (χ3v) is 3.54. The molecule has 2 rings (SSSR count). The Morgan fingerprint density at radius 3 is 2.95 bits per heavy atom. The van der Waals surface area contributed by atoms with Gasteiger partial charge in [0.15, 0.2) is 5.78 Å². The highest BCUT2D eigenvalue weighted by atomic mass is 35.5. The number of nitrogens with zero attached hydrogens (tertiary/aromatic N) is 1. The molecule has 0 bridgehead atoms. The summed E-state index contributed by atoms with van der Waals surface area (Å²) in [6.07, 6.45) is 0.524. The zero-order valence-corrected chi connectivity index (χ0v) is 12.2. The van der Waals surface area contributed by atoms with Gasteiger partial charge in [-0.05, 0) is 26.0 Å². The van der Waals surface area contributed by atoms with E-state index in [0.717, 1.165) is 26.2 Å². The fraction of sp³-hybridized carbons (Fsp3) is 0.533. The molecule has 1 aliphatic heterocycles. The summed E-state index contributed by atoms with van der Waals surface area (Å²) in [6.45, 7) is 7.44. The maximum Gasteiger partial charge on any atom is 0.164 e. The normalized spacial score (nSPS) is 19.3. The molecule has 1 aliphatic rings. The van der Waals surface area contributed by atoms with E-state index in [4.69, 9.17) is 16.3 Å². The molecule has 0 aliphatic carbocycles. The van der Waals surface area contributed by atoms with Gasteiger partial charge < -0.3 is 4.74 Å². The van der Waals surface area contributed by atoms with Gasteiger partial charge in [0.1, 0.15) is 0 Å². The summed E-state index contributed by atoms with van der Waals surface area (Å²) in [5.74, 6) is 0.145. The predicted molar refractivity (Wildman–Crippen MR) is 76.9 cm³/mol. The van der Waals surface area contributed by atoms with Crippen LogP contribution in [0, 0.1) is 0 Å². The summed E-state index contributed by atoms with van der Waals surface area (Å²) in [7, 11) is 0. The molecule has 1 aromatic carbocycles. The Kier molecular flexibility index (Phi) is 4.61. The zero-order chi connectivity index (χ0) is 13.9. The Bertz CT molecular complexity index is 459. The van der Waals surface area contributed by atoms with Gasteiger partial charge in [0.05, 0.1) is 12.2 Å². The third-order valence-electron chi connectivity index (χ3n) is 3.31. The van der Waals surface area contributed by atoms with Crippen LogP contribution in [-0.2, 0) is 4.74 Å². The second kappa shape index (κ2) is 6.04. The van der Waals surface area contributed by atoms with E-state index < -0.39 is 0 Å². The molecule has 0 spiro atoms. The third kappa shape index (κ3) is 4.30. The molecule has 0 amide bonds. The van der Waals surface area contributed by atoms with Crippen LogP contribution in [-0.4, -0.2) is 42.5 Å². The fourth-order valence-electron chi connectivity index (χ4n) is 2.37. The highest BCUT2D eigenvalue weighted by Crippen LogP contribution is 2.17. The Morgan fingerprint density at radius 1 is 1.47 bits per heavy atom. The van der Waals surface area contributed by atoms with Crippen molar-refractivity contribution in [3.05, 3.63) is 34.9 Å². The number of carbonyl (C=O) groups excluding carboxylic acids is 1. The van der Waals surface area contributed by atoms with Crippen LogP contribution < -0.4 is 0 Å². The SMILES string of the molecule is CC1(C)CN(CCC(=O)c2cccc(Cl)c2)CCO1. The number of morpholine rings is 1. The number of halogens is 1. The Hall–Kier alpha value is -0.900. The number of Topliss-reactive ketones (excluding diaryl/α,β-unsaturated/α-hetero) is 1. The average molecular weight is 282 g/mol. The number of ether oxygens (including phenoxy) is 1. The van der Waals surface area contributed by atoms with Crippen molar-refractivity contribution in [2.24, 2.45) is 0 Å². The van der Waals surface area contributed by atoms with Gasteiger partial charge in [0, 0.05) is 36.6 Å². The molecule has 0 unspecified atom stereocenters. The van der Waals surface area contributed by atoms with Crippen molar-refractivity contribution in [3.63, 3.8) is 0 Å². The maximum atomic E-state index is 12.1. The van der Waals surface area contributed by atoms with Crippen LogP contribution in [0.5, 0.6) is 0 Å². The lowest BCUT2D eigenvalue weighted by Crippen LogP contribution is -2.48. The summed E-state index contributed by atoms with van der Waals surface area (Å²) < 4.78 is 5.66. The Labute approximate surface area is 119 Å². The van der Waals surface area contributed by atoms with E-state index in [1.165, 1.54) is 0 Å². The lowest BCUT2D eigenvalue weighted by Gasteiger charge is -2.38. The quantitative estimate of drug-likeness (QED) is 0.795. The minimum atomic E-state index is -0.114. The summed E-state index contributed by atoms with van der Waals surface area (Å²) in [6, 6.07) is 7.14. The van der Waals surface area contributed by atoms with E-state index >= 15 is 0 Å². The minimum absolute atomic E-state index is 0.114. The van der Waals surface area contributed by atoms with E-state index in [2.05, 4.69) is 18.7 Å². The first-order chi connectivity index (χ1) is 8.96. The van der Waals surface area contributed by atoms with Gasteiger partial charge in [-0.15, -0.1) is 0 Å². The highest BCUT2D eigenvalue weighted by molar-refractivity contribution is 6.31. The van der Waals surface area contributed by atoms with E-state index in [1.54, 1.807) is 12.1 Å². The molecule has 0 atom stereocenters. The number of ketones is 1. The van der Waals surface area contributed by atoms with Gasteiger partial charge in [0.25, 0.3) is 0 Å². The summed E-state index contributed by atoms with van der Waals surface area (Å²) in [5.41, 5.74) is 0.581. The van der Waals surface area contributed by atoms with E-state index in [1.807, 2.05) is 12.1 Å². The fourth-order valence-corrected chi connectivity index (χ4v) is 2.56. The molecule has 1 fully saturated rings. The molecule has 0 radical (unpaired) electrons. The number of carbonyl (C=O) groups is 1. The van der Waals surface area contributed by atoms with Crippen molar-refractivity contribution in [1.29, 1.82) is 0 Å². The molecular weight excluding hydrogens is 262 g/mol.